The molecule has 0 saturated carbocycles. The van der Waals surface area contributed by atoms with E-state index in [1.165, 1.54) is 0 Å². The van der Waals surface area contributed by atoms with Gasteiger partial charge in [-0.2, -0.15) is 0 Å². The number of nitrogens with zero attached hydrogens (tertiary/aromatic N) is 1. The number of fused-ring (bicyclic) bond motifs is 2. The smallest absolute Gasteiger partial charge is 0.344 e. The molecule has 0 aliphatic carbocycles. The molecule has 0 N–H and O–H groups in total. The van der Waals surface area contributed by atoms with Gasteiger partial charge in [-0.3, -0.25) is 4.79 Å². The molecule has 0 bridgehead atoms. The Kier molecular flexibility index (Phi) is 3.20. The predicted molar refractivity (Wildman–Crippen MR) is 78.3 cm³/mol. The lowest BCUT2D eigenvalue weighted by atomic mass is 10.1. The zero-order chi connectivity index (χ0) is 15.1. The van der Waals surface area contributed by atoms with E-state index in [2.05, 4.69) is 0 Å². The molecule has 1 aromatic carbocycles. The predicted octanol–water partition coefficient (Wildman–Crippen LogP) is 0.328. The largest absolute Gasteiger partial charge is 0.486 e. The molecule has 1 unspecified atom stereocenters. The third-order valence-corrected chi connectivity index (χ3v) is 3.67. The Hall–Kier alpha value is -2.30. The molecule has 5 nitrogen and oxygen atoms in total. The van der Waals surface area contributed by atoms with E-state index >= 15 is 0 Å². The van der Waals surface area contributed by atoms with Crippen molar-refractivity contribution >= 4 is 29.2 Å². The van der Waals surface area contributed by atoms with Crippen LogP contribution in [0.4, 0.5) is 5.69 Å². The van der Waals surface area contributed by atoms with Gasteiger partial charge in [0.2, 0.25) is 0 Å². The molecule has 0 fully saturated rings. The minimum Gasteiger partial charge on any atom is -0.486 e. The van der Waals surface area contributed by atoms with Crippen LogP contribution in [-0.2, 0) is 14.3 Å². The maximum Gasteiger partial charge on any atom is 0.344 e. The highest BCUT2D eigenvalue weighted by Gasteiger charge is 2.34. The Morgan fingerprint density at radius 3 is 2.81 bits per heavy atom. The Balaban J connectivity index is 2.24. The molecular formula is C16H17NO4. The van der Waals surface area contributed by atoms with Crippen molar-refractivity contribution in [2.75, 3.05) is 18.1 Å². The number of carbonyl (C=O) groups excluding carboxylic acids is 2. The third-order valence-electron chi connectivity index (χ3n) is 3.67. The number of amides is 1. The molecule has 0 aromatic heterocycles. The number of benzene rings is 1. The van der Waals surface area contributed by atoms with Crippen LogP contribution in [-0.4, -0.2) is 31.1 Å². The van der Waals surface area contributed by atoms with Gasteiger partial charge in [0.1, 0.15) is 17.4 Å². The molecule has 1 aromatic rings. The first-order valence-electron chi connectivity index (χ1n) is 7.12. The van der Waals surface area contributed by atoms with Gasteiger partial charge in [-0.1, -0.05) is 0 Å². The van der Waals surface area contributed by atoms with E-state index in [0.29, 0.717) is 17.5 Å². The fraction of sp³-hybridized carbons (Fsp3) is 0.375. The van der Waals surface area contributed by atoms with Gasteiger partial charge in [0.25, 0.3) is 5.91 Å². The number of hydrogen-bond donors (Lipinski definition) is 0. The van der Waals surface area contributed by atoms with Gasteiger partial charge < -0.3 is 14.4 Å². The summed E-state index contributed by atoms with van der Waals surface area (Å²) in [5.74, 6) is -0.175. The molecule has 0 spiro atoms. The minimum absolute atomic E-state index is 0.000604. The first kappa shape index (κ1) is 13.7. The van der Waals surface area contributed by atoms with Crippen molar-refractivity contribution in [3.05, 3.63) is 22.6 Å². The highest BCUT2D eigenvalue weighted by Crippen LogP contribution is 2.23. The van der Waals surface area contributed by atoms with Crippen LogP contribution in [0.3, 0.4) is 0 Å². The second-order valence-corrected chi connectivity index (χ2v) is 5.04. The van der Waals surface area contributed by atoms with Crippen LogP contribution in [0.1, 0.15) is 20.8 Å². The molecule has 3 rings (SSSR count). The highest BCUT2D eigenvalue weighted by molar-refractivity contribution is 6.44. The van der Waals surface area contributed by atoms with Crippen LogP contribution in [0.15, 0.2) is 12.1 Å². The van der Waals surface area contributed by atoms with E-state index in [-0.39, 0.29) is 24.2 Å². The zero-order valence-corrected chi connectivity index (χ0v) is 12.3. The third kappa shape index (κ3) is 2.00. The van der Waals surface area contributed by atoms with Crippen LogP contribution < -0.4 is 20.1 Å². The lowest BCUT2D eigenvalue weighted by molar-refractivity contribution is -0.137. The van der Waals surface area contributed by atoms with Crippen molar-refractivity contribution in [1.82, 2.24) is 0 Å². The number of hydrogen-bond acceptors (Lipinski definition) is 4. The van der Waals surface area contributed by atoms with Crippen LogP contribution in [0, 0.1) is 0 Å². The second kappa shape index (κ2) is 4.91. The maximum absolute atomic E-state index is 12.4. The fourth-order valence-electron chi connectivity index (χ4n) is 2.80. The summed E-state index contributed by atoms with van der Waals surface area (Å²) < 4.78 is 10.7. The molecule has 0 saturated heterocycles. The topological polar surface area (TPSA) is 55.8 Å². The van der Waals surface area contributed by atoms with E-state index in [0.717, 1.165) is 10.9 Å². The molecule has 2 aliphatic heterocycles. The van der Waals surface area contributed by atoms with E-state index in [9.17, 15) is 9.59 Å². The first-order chi connectivity index (χ1) is 10.1. The summed E-state index contributed by atoms with van der Waals surface area (Å²) in [6.45, 7) is 6.29. The number of ether oxygens (including phenoxy) is 2. The molecule has 110 valence electrons. The maximum atomic E-state index is 12.4. The van der Waals surface area contributed by atoms with Crippen LogP contribution >= 0.6 is 0 Å². The quantitative estimate of drug-likeness (QED) is 0.752. The van der Waals surface area contributed by atoms with Crippen LogP contribution in [0.2, 0.25) is 0 Å². The first-order valence-corrected chi connectivity index (χ1v) is 7.12. The molecule has 2 heterocycles. The van der Waals surface area contributed by atoms with Crippen molar-refractivity contribution in [1.29, 1.82) is 0 Å². The minimum atomic E-state index is -0.574. The Morgan fingerprint density at radius 2 is 2.14 bits per heavy atom. The number of rotatable bonds is 3. The summed E-state index contributed by atoms with van der Waals surface area (Å²) in [5.41, 5.74) is 0.845. The molecule has 1 atom stereocenters. The standard InChI is InChI=1S/C16H17NO4/c1-4-17-12-7-10-6-9(3)21-13(10)8-11(12)14(15(17)18)16(19)20-5-2/h6-9H,4-5H2,1-3H3. The van der Waals surface area contributed by atoms with Gasteiger partial charge in [0.05, 0.1) is 12.3 Å². The summed E-state index contributed by atoms with van der Waals surface area (Å²) in [4.78, 5) is 26.1. The molecule has 0 radical (unpaired) electrons. The average molecular weight is 287 g/mol. The Morgan fingerprint density at radius 1 is 1.38 bits per heavy atom. The average Bonchev–Trinajstić information content (AvgIpc) is 2.91. The lowest BCUT2D eigenvalue weighted by Gasteiger charge is -2.15. The fourth-order valence-corrected chi connectivity index (χ4v) is 2.80. The van der Waals surface area contributed by atoms with Gasteiger partial charge in [-0.25, -0.2) is 4.79 Å². The number of carbonyl (C=O) groups is 2. The highest BCUT2D eigenvalue weighted by atomic mass is 16.5. The SMILES string of the molecule is CCOC(=O)C1=c2cc3c(cc2N(CC)C1=O)=CC(C)O3. The van der Waals surface area contributed by atoms with E-state index in [4.69, 9.17) is 9.47 Å². The van der Waals surface area contributed by atoms with E-state index < -0.39 is 5.97 Å². The van der Waals surface area contributed by atoms with Gasteiger partial charge in [-0.05, 0) is 39.0 Å². The van der Waals surface area contributed by atoms with Crippen molar-refractivity contribution < 1.29 is 19.1 Å². The lowest BCUT2D eigenvalue weighted by Crippen LogP contribution is -2.29. The summed E-state index contributed by atoms with van der Waals surface area (Å²) in [6, 6.07) is 3.67. The van der Waals surface area contributed by atoms with Gasteiger partial charge in [0, 0.05) is 17.0 Å². The zero-order valence-electron chi connectivity index (χ0n) is 12.3. The molecule has 5 heteroatoms. The normalized spacial score (nSPS) is 19.0. The Bertz CT molecular complexity index is 750. The van der Waals surface area contributed by atoms with Gasteiger partial charge in [-0.15, -0.1) is 0 Å². The number of anilines is 1. The summed E-state index contributed by atoms with van der Waals surface area (Å²) in [5, 5.41) is 1.55. The number of esters is 1. The second-order valence-electron chi connectivity index (χ2n) is 5.04. The molecule has 1 amide bonds. The van der Waals surface area contributed by atoms with Crippen molar-refractivity contribution in [3.63, 3.8) is 0 Å². The van der Waals surface area contributed by atoms with Crippen molar-refractivity contribution in [2.24, 2.45) is 0 Å². The van der Waals surface area contributed by atoms with Crippen molar-refractivity contribution in [3.8, 4) is 5.75 Å². The van der Waals surface area contributed by atoms with E-state index in [1.807, 2.05) is 26.0 Å². The Labute approximate surface area is 122 Å². The summed E-state index contributed by atoms with van der Waals surface area (Å²) in [6.07, 6.45) is 2.00. The van der Waals surface area contributed by atoms with Crippen LogP contribution in [0.25, 0.3) is 11.6 Å². The summed E-state index contributed by atoms with van der Waals surface area (Å²) >= 11 is 0. The van der Waals surface area contributed by atoms with Crippen LogP contribution in [0.5, 0.6) is 5.75 Å². The monoisotopic (exact) mass is 287 g/mol. The van der Waals surface area contributed by atoms with Crippen molar-refractivity contribution in [2.45, 2.75) is 26.9 Å². The molecular weight excluding hydrogens is 270 g/mol. The summed E-state index contributed by atoms with van der Waals surface area (Å²) in [7, 11) is 0. The van der Waals surface area contributed by atoms with Gasteiger partial charge in [0.15, 0.2) is 0 Å². The van der Waals surface area contributed by atoms with Gasteiger partial charge >= 0.3 is 5.97 Å². The molecule has 2 aliphatic rings. The van der Waals surface area contributed by atoms with E-state index in [1.54, 1.807) is 17.9 Å². The molecule has 21 heavy (non-hydrogen) atoms.